The lowest BCUT2D eigenvalue weighted by atomic mass is 10.1. The molecule has 3 nitrogen and oxygen atoms in total. The Labute approximate surface area is 97.6 Å². The van der Waals surface area contributed by atoms with Crippen molar-refractivity contribution in [2.45, 2.75) is 19.4 Å². The van der Waals surface area contributed by atoms with E-state index < -0.39 is 0 Å². The summed E-state index contributed by atoms with van der Waals surface area (Å²) < 4.78 is 0.953. The van der Waals surface area contributed by atoms with Gasteiger partial charge in [-0.05, 0) is 41.4 Å². The first-order valence-electron chi connectivity index (χ1n) is 5.01. The van der Waals surface area contributed by atoms with Crippen molar-refractivity contribution in [3.8, 4) is 0 Å². The molecule has 0 bridgehead atoms. The lowest BCUT2D eigenvalue weighted by molar-refractivity contribution is 0.237. The van der Waals surface area contributed by atoms with Crippen LogP contribution in [0.2, 0.25) is 0 Å². The fourth-order valence-corrected chi connectivity index (χ4v) is 2.18. The molecular weight excluding hydrogens is 256 g/mol. The van der Waals surface area contributed by atoms with Crippen LogP contribution in [0.5, 0.6) is 0 Å². The van der Waals surface area contributed by atoms with Crippen molar-refractivity contribution in [2.75, 3.05) is 11.4 Å². The fourth-order valence-electron chi connectivity index (χ4n) is 1.69. The number of hydrogen-bond donors (Lipinski definition) is 1. The maximum atomic E-state index is 11.8. The summed E-state index contributed by atoms with van der Waals surface area (Å²) in [5.41, 5.74) is 0.932. The predicted octanol–water partition coefficient (Wildman–Crippen LogP) is 2.76. The first kappa shape index (κ1) is 10.5. The third-order valence-corrected chi connectivity index (χ3v) is 3.21. The van der Waals surface area contributed by atoms with Gasteiger partial charge in [0.25, 0.3) is 0 Å². The Hall–Kier alpha value is -1.03. The van der Waals surface area contributed by atoms with Crippen molar-refractivity contribution in [3.63, 3.8) is 0 Å². The van der Waals surface area contributed by atoms with E-state index in [0.29, 0.717) is 0 Å². The van der Waals surface area contributed by atoms with Crippen molar-refractivity contribution >= 4 is 27.6 Å². The van der Waals surface area contributed by atoms with Crippen molar-refractivity contribution in [1.29, 1.82) is 0 Å². The summed E-state index contributed by atoms with van der Waals surface area (Å²) in [7, 11) is 0. The van der Waals surface area contributed by atoms with Crippen molar-refractivity contribution in [3.05, 3.63) is 28.7 Å². The molecule has 0 aromatic heterocycles. The number of anilines is 1. The van der Waals surface area contributed by atoms with E-state index in [1.807, 2.05) is 31.2 Å². The molecule has 2 amide bonds. The summed E-state index contributed by atoms with van der Waals surface area (Å²) in [6, 6.07) is 8.03. The van der Waals surface area contributed by atoms with Gasteiger partial charge in [-0.1, -0.05) is 12.1 Å². The summed E-state index contributed by atoms with van der Waals surface area (Å²) in [4.78, 5) is 13.5. The topological polar surface area (TPSA) is 32.3 Å². The average Bonchev–Trinajstić information content (AvgIpc) is 2.20. The Morgan fingerprint density at radius 3 is 2.87 bits per heavy atom. The number of rotatable bonds is 1. The van der Waals surface area contributed by atoms with Crippen LogP contribution in [0.4, 0.5) is 10.5 Å². The molecule has 1 fully saturated rings. The molecule has 0 saturated carbocycles. The highest BCUT2D eigenvalue weighted by Gasteiger charge is 2.24. The van der Waals surface area contributed by atoms with Gasteiger partial charge >= 0.3 is 6.03 Å². The average molecular weight is 269 g/mol. The molecule has 80 valence electrons. The number of nitrogens with zero attached hydrogens (tertiary/aromatic N) is 1. The van der Waals surface area contributed by atoms with E-state index in [4.69, 9.17) is 0 Å². The molecule has 4 heteroatoms. The van der Waals surface area contributed by atoms with Crippen LogP contribution in [0.25, 0.3) is 0 Å². The molecule has 15 heavy (non-hydrogen) atoms. The smallest absolute Gasteiger partial charge is 0.322 e. The van der Waals surface area contributed by atoms with Crippen molar-refractivity contribution in [1.82, 2.24) is 5.32 Å². The first-order valence-corrected chi connectivity index (χ1v) is 5.80. The van der Waals surface area contributed by atoms with Gasteiger partial charge in [-0.25, -0.2) is 4.79 Å². The van der Waals surface area contributed by atoms with Crippen LogP contribution in [-0.2, 0) is 0 Å². The SMILES string of the molecule is CC1CCN(c2ccccc2Br)C(=O)N1. The molecule has 1 unspecified atom stereocenters. The standard InChI is InChI=1S/C11H13BrN2O/c1-8-6-7-14(11(15)13-8)10-5-3-2-4-9(10)12/h2-5,8H,6-7H2,1H3,(H,13,15). The molecule has 1 atom stereocenters. The molecule has 1 aromatic carbocycles. The Morgan fingerprint density at radius 2 is 2.20 bits per heavy atom. The number of halogens is 1. The third-order valence-electron chi connectivity index (χ3n) is 2.54. The van der Waals surface area contributed by atoms with Crippen molar-refractivity contribution < 1.29 is 4.79 Å². The number of urea groups is 1. The molecule has 0 aliphatic carbocycles. The van der Waals surface area contributed by atoms with Gasteiger partial charge in [-0.2, -0.15) is 0 Å². The second-order valence-electron chi connectivity index (χ2n) is 3.74. The number of nitrogens with one attached hydrogen (secondary N) is 1. The summed E-state index contributed by atoms with van der Waals surface area (Å²) in [5.74, 6) is 0. The van der Waals surface area contributed by atoms with Crippen molar-refractivity contribution in [2.24, 2.45) is 0 Å². The van der Waals surface area contributed by atoms with Gasteiger partial charge in [-0.15, -0.1) is 0 Å². The molecule has 2 rings (SSSR count). The highest BCUT2D eigenvalue weighted by atomic mass is 79.9. The maximum absolute atomic E-state index is 11.8. The van der Waals surface area contributed by atoms with Crippen LogP contribution in [0.1, 0.15) is 13.3 Å². The summed E-state index contributed by atoms with van der Waals surface area (Å²) >= 11 is 3.45. The Balaban J connectivity index is 2.24. The second-order valence-corrected chi connectivity index (χ2v) is 4.60. The van der Waals surface area contributed by atoms with Crippen LogP contribution < -0.4 is 10.2 Å². The molecule has 1 saturated heterocycles. The van der Waals surface area contributed by atoms with Gasteiger partial charge < -0.3 is 5.32 Å². The maximum Gasteiger partial charge on any atom is 0.322 e. The van der Waals surface area contributed by atoms with E-state index in [-0.39, 0.29) is 12.1 Å². The number of amides is 2. The molecule has 1 aliphatic heterocycles. The van der Waals surface area contributed by atoms with Gasteiger partial charge in [-0.3, -0.25) is 4.90 Å². The van der Waals surface area contributed by atoms with E-state index in [0.717, 1.165) is 23.1 Å². The molecule has 1 aliphatic rings. The van der Waals surface area contributed by atoms with Gasteiger partial charge in [0.05, 0.1) is 5.69 Å². The summed E-state index contributed by atoms with van der Waals surface area (Å²) in [5, 5.41) is 2.92. The van der Waals surface area contributed by atoms with Crippen LogP contribution in [-0.4, -0.2) is 18.6 Å². The predicted molar refractivity (Wildman–Crippen MR) is 64.1 cm³/mol. The number of hydrogen-bond acceptors (Lipinski definition) is 1. The van der Waals surface area contributed by atoms with Crippen LogP contribution in [0, 0.1) is 0 Å². The van der Waals surface area contributed by atoms with E-state index in [2.05, 4.69) is 21.2 Å². The Morgan fingerprint density at radius 1 is 1.47 bits per heavy atom. The first-order chi connectivity index (χ1) is 7.18. The summed E-state index contributed by atoms with van der Waals surface area (Å²) in [6.45, 7) is 2.80. The largest absolute Gasteiger partial charge is 0.335 e. The third kappa shape index (κ3) is 2.15. The van der Waals surface area contributed by atoms with Gasteiger partial charge in [0.1, 0.15) is 0 Å². The second kappa shape index (κ2) is 4.23. The van der Waals surface area contributed by atoms with E-state index in [9.17, 15) is 4.79 Å². The zero-order valence-electron chi connectivity index (χ0n) is 8.53. The Kier molecular flexibility index (Phi) is 2.95. The van der Waals surface area contributed by atoms with E-state index in [1.54, 1.807) is 4.90 Å². The molecule has 0 spiro atoms. The van der Waals surface area contributed by atoms with Crippen LogP contribution >= 0.6 is 15.9 Å². The highest BCUT2D eigenvalue weighted by molar-refractivity contribution is 9.10. The molecule has 0 radical (unpaired) electrons. The number of benzene rings is 1. The van der Waals surface area contributed by atoms with Crippen LogP contribution in [0.3, 0.4) is 0 Å². The Bertz CT molecular complexity index is 381. The fraction of sp³-hybridized carbons (Fsp3) is 0.364. The normalized spacial score (nSPS) is 21.3. The van der Waals surface area contributed by atoms with E-state index in [1.165, 1.54) is 0 Å². The zero-order chi connectivity index (χ0) is 10.8. The minimum absolute atomic E-state index is 0.0133. The van der Waals surface area contributed by atoms with Crippen LogP contribution in [0.15, 0.2) is 28.7 Å². The number of carbonyl (C=O) groups is 1. The monoisotopic (exact) mass is 268 g/mol. The lowest BCUT2D eigenvalue weighted by Gasteiger charge is -2.31. The van der Waals surface area contributed by atoms with Gasteiger partial charge in [0.15, 0.2) is 0 Å². The minimum Gasteiger partial charge on any atom is -0.335 e. The van der Waals surface area contributed by atoms with Gasteiger partial charge in [0.2, 0.25) is 0 Å². The molecule has 1 aromatic rings. The highest BCUT2D eigenvalue weighted by Crippen LogP contribution is 2.27. The molecule has 1 heterocycles. The molecular formula is C11H13BrN2O. The minimum atomic E-state index is -0.0133. The van der Waals surface area contributed by atoms with Gasteiger partial charge in [0, 0.05) is 17.1 Å². The van der Waals surface area contributed by atoms with E-state index >= 15 is 0 Å². The summed E-state index contributed by atoms with van der Waals surface area (Å²) in [6.07, 6.45) is 0.979. The molecule has 1 N–H and O–H groups in total. The zero-order valence-corrected chi connectivity index (χ0v) is 10.1. The quantitative estimate of drug-likeness (QED) is 0.835. The lowest BCUT2D eigenvalue weighted by Crippen LogP contribution is -2.50. The number of para-hydroxylation sites is 1. The number of carbonyl (C=O) groups excluding carboxylic acids is 1.